The molecule has 9 heteroatoms. The molecule has 0 radical (unpaired) electrons. The van der Waals surface area contributed by atoms with Gasteiger partial charge >= 0.3 is 17.8 Å². The lowest BCUT2D eigenvalue weighted by Crippen LogP contribution is -2.56. The van der Waals surface area contributed by atoms with E-state index >= 15 is 0 Å². The third-order valence-electron chi connectivity index (χ3n) is 3.35. The zero-order valence-electron chi connectivity index (χ0n) is 14.9. The minimum absolute atomic E-state index is 0.0486. The zero-order valence-corrected chi connectivity index (χ0v) is 14.9. The molecule has 0 aliphatic carbocycles. The number of aliphatic hydroxyl groups excluding tert-OH is 1. The van der Waals surface area contributed by atoms with Crippen molar-refractivity contribution in [1.82, 2.24) is 4.90 Å². The maximum absolute atomic E-state index is 12.5. The number of carbonyl (C=O) groups is 2. The molecule has 0 unspecified atom stereocenters. The number of hydrogen-bond acceptors (Lipinski definition) is 6. The van der Waals surface area contributed by atoms with E-state index in [4.69, 9.17) is 19.7 Å². The molecular weight excluding hydrogens is 318 g/mol. The van der Waals surface area contributed by atoms with Crippen LogP contribution in [0.1, 0.15) is 41.5 Å². The first-order chi connectivity index (χ1) is 10.9. The lowest BCUT2D eigenvalue weighted by molar-refractivity contribution is -0.142. The van der Waals surface area contributed by atoms with Gasteiger partial charge in [0.05, 0.1) is 19.3 Å². The Morgan fingerprint density at radius 2 is 2.04 bits per heavy atom. The van der Waals surface area contributed by atoms with Crippen molar-refractivity contribution < 1.29 is 33.7 Å². The summed E-state index contributed by atoms with van der Waals surface area (Å²) in [5, 5.41) is 10.4. The van der Waals surface area contributed by atoms with Crippen LogP contribution in [0, 0.1) is 0 Å². The second-order valence-corrected chi connectivity index (χ2v) is 6.83. The molecule has 1 saturated heterocycles. The van der Waals surface area contributed by atoms with Crippen LogP contribution in [0.4, 0.5) is 4.79 Å². The summed E-state index contributed by atoms with van der Waals surface area (Å²) >= 11 is 0. The Kier molecular flexibility index (Phi) is 6.10. The largest absolute Gasteiger partial charge is 0.457 e. The van der Waals surface area contributed by atoms with Gasteiger partial charge < -0.3 is 24.8 Å². The summed E-state index contributed by atoms with van der Waals surface area (Å²) in [4.78, 5) is 28.3. The van der Waals surface area contributed by atoms with Crippen LogP contribution in [0.2, 0.25) is 0 Å². The summed E-state index contributed by atoms with van der Waals surface area (Å²) in [5.41, 5.74) is 6.63. The fraction of sp³-hybridized carbons (Fsp3) is 0.800. The average molecular weight is 343 g/mol. The summed E-state index contributed by atoms with van der Waals surface area (Å²) in [7, 11) is 0. The summed E-state index contributed by atoms with van der Waals surface area (Å²) in [5.74, 6) is -0.971. The third-order valence-corrected chi connectivity index (χ3v) is 3.35. The molecule has 0 aromatic rings. The van der Waals surface area contributed by atoms with Gasteiger partial charge in [0.2, 0.25) is 0 Å². The van der Waals surface area contributed by atoms with Crippen LogP contribution in [0.5, 0.6) is 0 Å². The highest BCUT2D eigenvalue weighted by Gasteiger charge is 2.52. The highest BCUT2D eigenvalue weighted by molar-refractivity contribution is 6.35. The van der Waals surface area contributed by atoms with Crippen molar-refractivity contribution in [2.24, 2.45) is 0 Å². The van der Waals surface area contributed by atoms with Gasteiger partial charge in [0, 0.05) is 0 Å². The number of amides is 1. The first kappa shape index (κ1) is 20.1. The van der Waals surface area contributed by atoms with E-state index in [-0.39, 0.29) is 13.2 Å². The lowest BCUT2D eigenvalue weighted by atomic mass is 10.0. The highest BCUT2D eigenvalue weighted by Crippen LogP contribution is 2.31. The number of esters is 1. The molecule has 1 aliphatic rings. The first-order valence-corrected chi connectivity index (χ1v) is 7.68. The van der Waals surface area contributed by atoms with Crippen molar-refractivity contribution >= 4 is 17.8 Å². The number of hydrogen-bond donors (Lipinski definition) is 1. The van der Waals surface area contributed by atoms with Crippen LogP contribution in [-0.2, 0) is 19.0 Å². The quantitative estimate of drug-likeness (QED) is 0.351. The zero-order chi connectivity index (χ0) is 18.7. The molecular formula is C15H25N3O6. The number of rotatable bonds is 4. The van der Waals surface area contributed by atoms with E-state index in [1.54, 1.807) is 41.5 Å². The van der Waals surface area contributed by atoms with Gasteiger partial charge in [0.1, 0.15) is 11.3 Å². The maximum atomic E-state index is 12.5. The van der Waals surface area contributed by atoms with Gasteiger partial charge in [-0.25, -0.2) is 9.59 Å². The topological polar surface area (TPSA) is 122 Å². The summed E-state index contributed by atoms with van der Waals surface area (Å²) in [6.45, 7) is 9.94. The van der Waals surface area contributed by atoms with Crippen LogP contribution in [0.15, 0.2) is 0 Å². The van der Waals surface area contributed by atoms with Gasteiger partial charge in [-0.3, -0.25) is 4.90 Å². The van der Waals surface area contributed by atoms with Gasteiger partial charge in [0.15, 0.2) is 6.10 Å². The highest BCUT2D eigenvalue weighted by atomic mass is 16.6. The lowest BCUT2D eigenvalue weighted by Gasteiger charge is -2.35. The summed E-state index contributed by atoms with van der Waals surface area (Å²) in [6, 6.07) is -0.967. The molecule has 1 rings (SSSR count). The molecule has 0 saturated carbocycles. The number of ether oxygens (including phenoxy) is 3. The summed E-state index contributed by atoms with van der Waals surface area (Å²) < 4.78 is 15.6. The predicted molar refractivity (Wildman–Crippen MR) is 83.2 cm³/mol. The molecule has 1 amide bonds. The Balaban J connectivity index is 3.09. The Hall–Kier alpha value is -1.96. The van der Waals surface area contributed by atoms with Gasteiger partial charge in [-0.05, 0) is 41.5 Å². The average Bonchev–Trinajstić information content (AvgIpc) is 2.73. The molecule has 1 heterocycles. The van der Waals surface area contributed by atoms with E-state index in [0.29, 0.717) is 0 Å². The third kappa shape index (κ3) is 4.53. The first-order valence-electron chi connectivity index (χ1n) is 7.68. The molecule has 1 aliphatic heterocycles. The second-order valence-electron chi connectivity index (χ2n) is 6.83. The molecule has 0 bridgehead atoms. The van der Waals surface area contributed by atoms with Crippen molar-refractivity contribution in [3.8, 4) is 0 Å². The van der Waals surface area contributed by atoms with E-state index in [1.165, 1.54) is 4.90 Å². The van der Waals surface area contributed by atoms with Gasteiger partial charge in [0.25, 0.3) is 0 Å². The molecule has 9 nitrogen and oxygen atoms in total. The minimum Gasteiger partial charge on any atom is -0.457 e. The van der Waals surface area contributed by atoms with Crippen molar-refractivity contribution in [3.05, 3.63) is 5.53 Å². The minimum atomic E-state index is -1.59. The van der Waals surface area contributed by atoms with Crippen LogP contribution in [0.3, 0.4) is 0 Å². The molecule has 1 fully saturated rings. The standard InChI is InChI=1S/C15H25N3O6/c1-7-22-12(20)10(17-16)11(19)9-8-23-15(5,6)18(9)13(21)24-14(2,3)4/h9,11,19H,7-8H2,1-6H3/t9-,11+/m0/s1. The van der Waals surface area contributed by atoms with Gasteiger partial charge in [-0.2, -0.15) is 4.79 Å². The van der Waals surface area contributed by atoms with E-state index in [1.807, 2.05) is 0 Å². The Morgan fingerprint density at radius 3 is 2.50 bits per heavy atom. The Morgan fingerprint density at radius 1 is 1.46 bits per heavy atom. The molecule has 136 valence electrons. The van der Waals surface area contributed by atoms with E-state index in [0.717, 1.165) is 0 Å². The normalized spacial score (nSPS) is 21.0. The molecule has 0 aromatic heterocycles. The van der Waals surface area contributed by atoms with Crippen molar-refractivity contribution in [1.29, 1.82) is 0 Å². The predicted octanol–water partition coefficient (Wildman–Crippen LogP) is 0.953. The molecule has 24 heavy (non-hydrogen) atoms. The van der Waals surface area contributed by atoms with Gasteiger partial charge in [-0.1, -0.05) is 0 Å². The molecule has 0 aromatic carbocycles. The monoisotopic (exact) mass is 343 g/mol. The molecule has 0 spiro atoms. The van der Waals surface area contributed by atoms with E-state index in [2.05, 4.69) is 4.79 Å². The van der Waals surface area contributed by atoms with Crippen LogP contribution in [-0.4, -0.2) is 69.3 Å². The van der Waals surface area contributed by atoms with Crippen LogP contribution in [0.25, 0.3) is 5.53 Å². The smallest absolute Gasteiger partial charge is 0.419 e. The number of carbonyl (C=O) groups excluding carboxylic acids is 2. The SMILES string of the molecule is CCOC(=O)C(=[N+]=[N-])[C@H](O)[C@@H]1COC(C)(C)N1C(=O)OC(C)(C)C. The van der Waals surface area contributed by atoms with Crippen molar-refractivity contribution in [2.45, 2.75) is 65.0 Å². The Labute approximate surface area is 141 Å². The Bertz CT molecular complexity index is 548. The van der Waals surface area contributed by atoms with Crippen LogP contribution >= 0.6 is 0 Å². The van der Waals surface area contributed by atoms with Crippen molar-refractivity contribution in [3.63, 3.8) is 0 Å². The fourth-order valence-corrected chi connectivity index (χ4v) is 2.34. The maximum Gasteiger partial charge on any atom is 0.419 e. The molecule has 2 atom stereocenters. The van der Waals surface area contributed by atoms with Gasteiger partial charge in [-0.15, -0.1) is 0 Å². The number of aliphatic hydroxyl groups is 1. The van der Waals surface area contributed by atoms with E-state index < -0.39 is 41.2 Å². The summed E-state index contributed by atoms with van der Waals surface area (Å²) in [6.07, 6.45) is -2.31. The number of nitrogens with zero attached hydrogens (tertiary/aromatic N) is 3. The van der Waals surface area contributed by atoms with Crippen molar-refractivity contribution in [2.75, 3.05) is 13.2 Å². The fourth-order valence-electron chi connectivity index (χ4n) is 2.34. The van der Waals surface area contributed by atoms with Crippen LogP contribution < -0.4 is 0 Å². The van der Waals surface area contributed by atoms with E-state index in [9.17, 15) is 14.7 Å². The molecule has 1 N–H and O–H groups in total. The second kappa shape index (κ2) is 7.29.